The van der Waals surface area contributed by atoms with Crippen molar-refractivity contribution in [3.05, 3.63) is 53.4 Å². The van der Waals surface area contributed by atoms with Gasteiger partial charge in [-0.15, -0.1) is 0 Å². The third-order valence-corrected chi connectivity index (χ3v) is 4.73. The summed E-state index contributed by atoms with van der Waals surface area (Å²) in [6.07, 6.45) is 3.50. The van der Waals surface area contributed by atoms with Crippen LogP contribution in [0.1, 0.15) is 34.6 Å². The van der Waals surface area contributed by atoms with Gasteiger partial charge in [0.25, 0.3) is 5.91 Å². The molecule has 1 fully saturated rings. The number of benzene rings is 1. The van der Waals surface area contributed by atoms with Gasteiger partial charge in [-0.2, -0.15) is 0 Å². The Hall–Kier alpha value is -2.21. The third kappa shape index (κ3) is 3.48. The van der Waals surface area contributed by atoms with Crippen LogP contribution in [-0.4, -0.2) is 51.9 Å². The number of hydrogen-bond acceptors (Lipinski definition) is 3. The number of nitrogens with zero attached hydrogens (tertiary/aromatic N) is 3. The molecule has 1 aromatic carbocycles. The molecule has 1 aliphatic heterocycles. The highest BCUT2D eigenvalue weighted by Crippen LogP contribution is 2.20. The van der Waals surface area contributed by atoms with Crippen LogP contribution in [0.2, 0.25) is 0 Å². The first-order valence-corrected chi connectivity index (χ1v) is 8.29. The molecule has 128 valence electrons. The molecule has 2 heterocycles. The predicted molar refractivity (Wildman–Crippen MR) is 90.1 cm³/mol. The van der Waals surface area contributed by atoms with Gasteiger partial charge < -0.3 is 9.88 Å². The minimum absolute atomic E-state index is 0.0634. The van der Waals surface area contributed by atoms with E-state index in [0.717, 1.165) is 31.6 Å². The van der Waals surface area contributed by atoms with Crippen LogP contribution in [0, 0.1) is 12.7 Å². The number of imidazole rings is 1. The van der Waals surface area contributed by atoms with Crippen LogP contribution in [0.25, 0.3) is 0 Å². The van der Waals surface area contributed by atoms with Crippen molar-refractivity contribution in [1.29, 1.82) is 0 Å². The highest BCUT2D eigenvalue weighted by Gasteiger charge is 2.28. The minimum atomic E-state index is -0.170. The van der Waals surface area contributed by atoms with E-state index in [0.29, 0.717) is 17.8 Å². The van der Waals surface area contributed by atoms with Gasteiger partial charge >= 0.3 is 0 Å². The summed E-state index contributed by atoms with van der Waals surface area (Å²) in [5, 5.41) is 0. The molecule has 0 bridgehead atoms. The molecule has 24 heavy (non-hydrogen) atoms. The van der Waals surface area contributed by atoms with E-state index < -0.39 is 0 Å². The second-order valence-electron chi connectivity index (χ2n) is 6.41. The number of aromatic nitrogens is 2. The van der Waals surface area contributed by atoms with E-state index in [4.69, 9.17) is 0 Å². The summed E-state index contributed by atoms with van der Waals surface area (Å²) < 4.78 is 13.9. The Balaban J connectivity index is 1.66. The minimum Gasteiger partial charge on any atom is -0.348 e. The normalized spacial score (nSPS) is 18.5. The van der Waals surface area contributed by atoms with Gasteiger partial charge in [-0.1, -0.05) is 18.2 Å². The number of likely N-dealkylation sites (tertiary alicyclic amines) is 1. The van der Waals surface area contributed by atoms with E-state index in [-0.39, 0.29) is 17.8 Å². The quantitative estimate of drug-likeness (QED) is 0.937. The van der Waals surface area contributed by atoms with Gasteiger partial charge in [0, 0.05) is 37.4 Å². The summed E-state index contributed by atoms with van der Waals surface area (Å²) in [4.78, 5) is 23.7. The molecule has 1 saturated heterocycles. The number of H-pyrrole nitrogens is 1. The zero-order valence-electron chi connectivity index (χ0n) is 14.1. The molecular formula is C18H23FN4O. The van der Waals surface area contributed by atoms with Crippen molar-refractivity contribution in [1.82, 2.24) is 19.8 Å². The molecule has 1 unspecified atom stereocenters. The lowest BCUT2D eigenvalue weighted by Gasteiger charge is -2.37. The van der Waals surface area contributed by atoms with Gasteiger partial charge in [0.15, 0.2) is 0 Å². The van der Waals surface area contributed by atoms with Crippen LogP contribution in [0.4, 0.5) is 4.39 Å². The standard InChI is InChI=1S/C18H23FN4O/c1-13-17(21-12-20-13)18(24)22(2)15-7-5-9-23(11-15)10-14-6-3-4-8-16(14)19/h3-4,6,8,12,15H,5,7,9-11H2,1-2H3,(H,20,21). The molecule has 0 spiro atoms. The number of carbonyl (C=O) groups excluding carboxylic acids is 1. The van der Waals surface area contributed by atoms with Gasteiger partial charge in [0.1, 0.15) is 11.5 Å². The Morgan fingerprint density at radius 3 is 2.96 bits per heavy atom. The van der Waals surface area contributed by atoms with Crippen molar-refractivity contribution in [2.45, 2.75) is 32.4 Å². The average Bonchev–Trinajstić information content (AvgIpc) is 3.02. The number of halogens is 1. The number of nitrogens with one attached hydrogen (secondary N) is 1. The largest absolute Gasteiger partial charge is 0.348 e. The van der Waals surface area contributed by atoms with E-state index in [1.54, 1.807) is 17.3 Å². The van der Waals surface area contributed by atoms with Crippen molar-refractivity contribution in [2.24, 2.45) is 0 Å². The maximum atomic E-state index is 13.9. The van der Waals surface area contributed by atoms with Crippen LogP contribution in [0.5, 0.6) is 0 Å². The summed E-state index contributed by atoms with van der Waals surface area (Å²) in [5.74, 6) is -0.234. The molecule has 1 aromatic heterocycles. The number of likely N-dealkylation sites (N-methyl/N-ethyl adjacent to an activating group) is 1. The number of hydrogen-bond donors (Lipinski definition) is 1. The lowest BCUT2D eigenvalue weighted by molar-refractivity contribution is 0.0602. The molecule has 1 aliphatic rings. The Labute approximate surface area is 141 Å². The van der Waals surface area contributed by atoms with Gasteiger partial charge in [0.2, 0.25) is 0 Å². The van der Waals surface area contributed by atoms with E-state index in [1.807, 2.05) is 26.1 Å². The first-order valence-electron chi connectivity index (χ1n) is 8.29. The second-order valence-corrected chi connectivity index (χ2v) is 6.41. The number of piperidine rings is 1. The fourth-order valence-electron chi connectivity index (χ4n) is 3.27. The summed E-state index contributed by atoms with van der Waals surface area (Å²) in [7, 11) is 1.83. The monoisotopic (exact) mass is 330 g/mol. The lowest BCUT2D eigenvalue weighted by Crippen LogP contribution is -2.48. The summed E-state index contributed by atoms with van der Waals surface area (Å²) >= 11 is 0. The first-order chi connectivity index (χ1) is 11.6. The van der Waals surface area contributed by atoms with Gasteiger partial charge in [0.05, 0.1) is 6.33 Å². The molecule has 0 saturated carbocycles. The summed E-state index contributed by atoms with van der Waals surface area (Å²) in [5.41, 5.74) is 1.96. The summed E-state index contributed by atoms with van der Waals surface area (Å²) in [6.45, 7) is 4.10. The van der Waals surface area contributed by atoms with E-state index >= 15 is 0 Å². The zero-order valence-corrected chi connectivity index (χ0v) is 14.1. The Kier molecular flexibility index (Phi) is 4.94. The first kappa shape index (κ1) is 16.6. The highest BCUT2D eigenvalue weighted by atomic mass is 19.1. The van der Waals surface area contributed by atoms with Crippen LogP contribution in [0.15, 0.2) is 30.6 Å². The number of aromatic amines is 1. The van der Waals surface area contributed by atoms with Crippen molar-refractivity contribution in [3.63, 3.8) is 0 Å². The third-order valence-electron chi connectivity index (χ3n) is 4.73. The molecule has 1 amide bonds. The van der Waals surface area contributed by atoms with E-state index in [2.05, 4.69) is 14.9 Å². The van der Waals surface area contributed by atoms with Gasteiger partial charge in [-0.3, -0.25) is 9.69 Å². The topological polar surface area (TPSA) is 52.2 Å². The average molecular weight is 330 g/mol. The SMILES string of the molecule is Cc1[nH]cnc1C(=O)N(C)C1CCCN(Cc2ccccc2F)C1. The smallest absolute Gasteiger partial charge is 0.274 e. The van der Waals surface area contributed by atoms with E-state index in [1.165, 1.54) is 6.07 Å². The zero-order chi connectivity index (χ0) is 17.1. The Morgan fingerprint density at radius 2 is 2.25 bits per heavy atom. The van der Waals surface area contributed by atoms with Crippen molar-refractivity contribution < 1.29 is 9.18 Å². The Morgan fingerprint density at radius 1 is 1.46 bits per heavy atom. The van der Waals surface area contributed by atoms with Gasteiger partial charge in [-0.05, 0) is 32.4 Å². The Bertz CT molecular complexity index is 715. The molecule has 3 rings (SSSR count). The number of rotatable bonds is 4. The predicted octanol–water partition coefficient (Wildman–Crippen LogP) is 2.59. The van der Waals surface area contributed by atoms with Crippen LogP contribution >= 0.6 is 0 Å². The molecule has 0 aliphatic carbocycles. The fourth-order valence-corrected chi connectivity index (χ4v) is 3.27. The lowest BCUT2D eigenvalue weighted by atomic mass is 10.0. The number of aryl methyl sites for hydroxylation is 1. The molecule has 1 atom stereocenters. The second kappa shape index (κ2) is 7.13. The molecule has 2 aromatic rings. The van der Waals surface area contributed by atoms with Crippen LogP contribution in [-0.2, 0) is 6.54 Å². The van der Waals surface area contributed by atoms with Crippen molar-refractivity contribution in [2.75, 3.05) is 20.1 Å². The number of carbonyl (C=O) groups is 1. The van der Waals surface area contributed by atoms with Crippen LogP contribution in [0.3, 0.4) is 0 Å². The van der Waals surface area contributed by atoms with Crippen molar-refractivity contribution in [3.8, 4) is 0 Å². The van der Waals surface area contributed by atoms with Crippen molar-refractivity contribution >= 4 is 5.91 Å². The van der Waals surface area contributed by atoms with Gasteiger partial charge in [-0.25, -0.2) is 9.37 Å². The van der Waals surface area contributed by atoms with Crippen LogP contribution < -0.4 is 0 Å². The molecule has 1 N–H and O–H groups in total. The maximum absolute atomic E-state index is 13.9. The fraction of sp³-hybridized carbons (Fsp3) is 0.444. The molecular weight excluding hydrogens is 307 g/mol. The summed E-state index contributed by atoms with van der Waals surface area (Å²) in [6, 6.07) is 6.99. The van der Waals surface area contributed by atoms with E-state index in [9.17, 15) is 9.18 Å². The maximum Gasteiger partial charge on any atom is 0.274 e. The number of amides is 1. The molecule has 0 radical (unpaired) electrons. The highest BCUT2D eigenvalue weighted by molar-refractivity contribution is 5.93. The molecule has 5 nitrogen and oxygen atoms in total. The molecule has 6 heteroatoms.